The third-order valence-electron chi connectivity index (χ3n) is 5.04. The Balaban J connectivity index is 1.75. The van der Waals surface area contributed by atoms with E-state index in [0.29, 0.717) is 28.5 Å². The predicted molar refractivity (Wildman–Crippen MR) is 116 cm³/mol. The molecule has 8 nitrogen and oxygen atoms in total. The van der Waals surface area contributed by atoms with Crippen molar-refractivity contribution in [2.45, 2.75) is 13.0 Å². The number of halogens is 1. The molecule has 2 amide bonds. The Labute approximate surface area is 187 Å². The molecule has 0 bridgehead atoms. The molecule has 2 aromatic carbocycles. The summed E-state index contributed by atoms with van der Waals surface area (Å²) in [6, 6.07) is 11.6. The largest absolute Gasteiger partial charge is 0.460 e. The summed E-state index contributed by atoms with van der Waals surface area (Å²) in [6.45, 7) is 2.24. The van der Waals surface area contributed by atoms with E-state index in [1.54, 1.807) is 25.1 Å². The van der Waals surface area contributed by atoms with Crippen LogP contribution in [0.5, 0.6) is 11.5 Å². The molecule has 0 aromatic heterocycles. The number of benzene rings is 2. The zero-order valence-electron chi connectivity index (χ0n) is 17.0. The van der Waals surface area contributed by atoms with Gasteiger partial charge < -0.3 is 24.3 Å². The van der Waals surface area contributed by atoms with E-state index in [2.05, 4.69) is 21.2 Å². The fourth-order valence-electron chi connectivity index (χ4n) is 3.54. The number of carbonyl (C=O) groups excluding carboxylic acids is 2. The van der Waals surface area contributed by atoms with Gasteiger partial charge in [-0.2, -0.15) is 0 Å². The molecule has 0 fully saturated rings. The van der Waals surface area contributed by atoms with Crippen LogP contribution in [-0.4, -0.2) is 39.1 Å². The number of fused-ring (bicyclic) bond motifs is 1. The smallest absolute Gasteiger partial charge is 0.338 e. The van der Waals surface area contributed by atoms with Crippen molar-refractivity contribution in [2.75, 3.05) is 32.0 Å². The van der Waals surface area contributed by atoms with Gasteiger partial charge in [0.05, 0.1) is 23.9 Å². The van der Waals surface area contributed by atoms with E-state index in [9.17, 15) is 9.59 Å². The van der Waals surface area contributed by atoms with E-state index in [-0.39, 0.29) is 26.0 Å². The van der Waals surface area contributed by atoms with E-state index < -0.39 is 12.0 Å². The number of rotatable bonds is 6. The molecule has 1 atom stereocenters. The van der Waals surface area contributed by atoms with Crippen LogP contribution in [-0.2, 0) is 14.3 Å². The fraction of sp³-hybridized carbons (Fsp3) is 0.273. The molecular formula is C22H21BrN2O6. The van der Waals surface area contributed by atoms with Gasteiger partial charge in [-0.25, -0.2) is 9.59 Å². The molecule has 2 aliphatic rings. The Morgan fingerprint density at radius 1 is 1.16 bits per heavy atom. The number of carbonyl (C=O) groups is 2. The monoisotopic (exact) mass is 488 g/mol. The van der Waals surface area contributed by atoms with Crippen molar-refractivity contribution in [2.24, 2.45) is 0 Å². The van der Waals surface area contributed by atoms with E-state index in [1.165, 1.54) is 12.0 Å². The van der Waals surface area contributed by atoms with Gasteiger partial charge in [0.1, 0.15) is 6.61 Å². The fourth-order valence-corrected chi connectivity index (χ4v) is 3.81. The van der Waals surface area contributed by atoms with Crippen LogP contribution in [0.3, 0.4) is 0 Å². The third kappa shape index (κ3) is 4.24. The van der Waals surface area contributed by atoms with Gasteiger partial charge in [0.25, 0.3) is 0 Å². The van der Waals surface area contributed by atoms with Crippen LogP contribution in [0.2, 0.25) is 0 Å². The Kier molecular flexibility index (Phi) is 6.15. The minimum atomic E-state index is -0.652. The van der Waals surface area contributed by atoms with E-state index in [4.69, 9.17) is 18.9 Å². The summed E-state index contributed by atoms with van der Waals surface area (Å²) in [6.07, 6.45) is 0. The summed E-state index contributed by atoms with van der Waals surface area (Å²) in [5.41, 5.74) is 2.13. The second-order valence-electron chi connectivity index (χ2n) is 6.93. The number of hydrogen-bond donors (Lipinski definition) is 1. The maximum Gasteiger partial charge on any atom is 0.338 e. The second-order valence-corrected chi connectivity index (χ2v) is 7.85. The maximum atomic E-state index is 13.1. The van der Waals surface area contributed by atoms with Gasteiger partial charge in [0.2, 0.25) is 6.79 Å². The van der Waals surface area contributed by atoms with Gasteiger partial charge in [-0.3, -0.25) is 4.90 Å². The van der Waals surface area contributed by atoms with Crippen molar-refractivity contribution in [1.29, 1.82) is 0 Å². The first-order chi connectivity index (χ1) is 15.0. The van der Waals surface area contributed by atoms with Crippen LogP contribution in [0.25, 0.3) is 0 Å². The topological polar surface area (TPSA) is 86.3 Å². The summed E-state index contributed by atoms with van der Waals surface area (Å²) in [5, 5.41) is 2.93. The number of hydrogen-bond acceptors (Lipinski definition) is 6. The lowest BCUT2D eigenvalue weighted by Crippen LogP contribution is -2.48. The van der Waals surface area contributed by atoms with Crippen LogP contribution in [0.4, 0.5) is 10.5 Å². The number of anilines is 1. The highest BCUT2D eigenvalue weighted by Crippen LogP contribution is 2.39. The van der Waals surface area contributed by atoms with Crippen molar-refractivity contribution >= 4 is 33.6 Å². The van der Waals surface area contributed by atoms with Crippen molar-refractivity contribution < 1.29 is 28.5 Å². The first-order valence-electron chi connectivity index (χ1n) is 9.62. The quantitative estimate of drug-likeness (QED) is 0.489. The second kappa shape index (κ2) is 8.99. The molecule has 1 N–H and O–H groups in total. The molecule has 0 unspecified atom stereocenters. The normalized spacial score (nSPS) is 17.6. The summed E-state index contributed by atoms with van der Waals surface area (Å²) in [5.74, 6) is 0.625. The SMILES string of the molecule is COCCOC(=O)C1=C(C)N(c2ccc3c(c2)OCO3)C(=O)N[C@H]1c1ccc(Br)cc1. The zero-order valence-corrected chi connectivity index (χ0v) is 18.6. The number of nitrogens with zero attached hydrogens (tertiary/aromatic N) is 1. The lowest BCUT2D eigenvalue weighted by atomic mass is 9.94. The maximum absolute atomic E-state index is 13.1. The number of esters is 1. The predicted octanol–water partition coefficient (Wildman–Crippen LogP) is 3.91. The number of methoxy groups -OCH3 is 1. The molecule has 4 rings (SSSR count). The first-order valence-corrected chi connectivity index (χ1v) is 10.4. The van der Waals surface area contributed by atoms with Crippen molar-refractivity contribution in [3.05, 3.63) is 63.8 Å². The highest BCUT2D eigenvalue weighted by atomic mass is 79.9. The van der Waals surface area contributed by atoms with E-state index in [0.717, 1.165) is 10.0 Å². The average Bonchev–Trinajstić information content (AvgIpc) is 3.22. The lowest BCUT2D eigenvalue weighted by molar-refractivity contribution is -0.140. The minimum Gasteiger partial charge on any atom is -0.460 e. The van der Waals surface area contributed by atoms with E-state index in [1.807, 2.05) is 24.3 Å². The van der Waals surface area contributed by atoms with Crippen molar-refractivity contribution in [1.82, 2.24) is 5.32 Å². The number of nitrogens with one attached hydrogen (secondary N) is 1. The van der Waals surface area contributed by atoms with Crippen LogP contribution < -0.4 is 19.7 Å². The highest BCUT2D eigenvalue weighted by Gasteiger charge is 2.37. The Bertz CT molecular complexity index is 1040. The van der Waals surface area contributed by atoms with Crippen LogP contribution >= 0.6 is 15.9 Å². The molecular weight excluding hydrogens is 468 g/mol. The van der Waals surface area contributed by atoms with E-state index >= 15 is 0 Å². The highest BCUT2D eigenvalue weighted by molar-refractivity contribution is 9.10. The molecule has 162 valence electrons. The standard InChI is InChI=1S/C22H21BrN2O6/c1-13-19(21(26)29-10-9-28-2)20(14-3-5-15(23)6-4-14)24-22(27)25(13)16-7-8-17-18(11-16)31-12-30-17/h3-8,11,20H,9-10,12H2,1-2H3,(H,24,27)/t20-/m0/s1. The molecule has 31 heavy (non-hydrogen) atoms. The van der Waals surface area contributed by atoms with Gasteiger partial charge in [0.15, 0.2) is 11.5 Å². The average molecular weight is 489 g/mol. The van der Waals surface area contributed by atoms with Gasteiger partial charge in [-0.1, -0.05) is 28.1 Å². The molecule has 0 aliphatic carbocycles. The van der Waals surface area contributed by atoms with Gasteiger partial charge in [0, 0.05) is 23.3 Å². The van der Waals surface area contributed by atoms with Gasteiger partial charge >= 0.3 is 12.0 Å². The van der Waals surface area contributed by atoms with Crippen LogP contribution in [0.1, 0.15) is 18.5 Å². The van der Waals surface area contributed by atoms with Gasteiger partial charge in [-0.05, 0) is 36.8 Å². The molecule has 0 saturated heterocycles. The lowest BCUT2D eigenvalue weighted by Gasteiger charge is -2.35. The molecule has 2 aromatic rings. The molecule has 2 aliphatic heterocycles. The van der Waals surface area contributed by atoms with Gasteiger partial charge in [-0.15, -0.1) is 0 Å². The molecule has 0 radical (unpaired) electrons. The zero-order chi connectivity index (χ0) is 22.0. The Hall–Kier alpha value is -3.04. The number of urea groups is 1. The Morgan fingerprint density at radius 2 is 1.90 bits per heavy atom. The first kappa shape index (κ1) is 21.2. The minimum absolute atomic E-state index is 0.108. The molecule has 2 heterocycles. The number of amides is 2. The van der Waals surface area contributed by atoms with Crippen molar-refractivity contribution in [3.8, 4) is 11.5 Å². The summed E-state index contributed by atoms with van der Waals surface area (Å²) < 4.78 is 22.1. The van der Waals surface area contributed by atoms with Crippen LogP contribution in [0.15, 0.2) is 58.2 Å². The molecule has 0 saturated carbocycles. The summed E-state index contributed by atoms with van der Waals surface area (Å²) >= 11 is 3.41. The Morgan fingerprint density at radius 3 is 2.65 bits per heavy atom. The molecule has 0 spiro atoms. The third-order valence-corrected chi connectivity index (χ3v) is 5.57. The van der Waals surface area contributed by atoms with Crippen molar-refractivity contribution in [3.63, 3.8) is 0 Å². The number of ether oxygens (including phenoxy) is 4. The van der Waals surface area contributed by atoms with Crippen LogP contribution in [0, 0.1) is 0 Å². The summed E-state index contributed by atoms with van der Waals surface area (Å²) in [4.78, 5) is 27.6. The number of allylic oxidation sites excluding steroid dienone is 1. The molecule has 9 heteroatoms. The summed E-state index contributed by atoms with van der Waals surface area (Å²) in [7, 11) is 1.53.